The van der Waals surface area contributed by atoms with Crippen LogP contribution in [0, 0.1) is 0 Å². The Morgan fingerprint density at radius 2 is 1.77 bits per heavy atom. The van der Waals surface area contributed by atoms with Gasteiger partial charge in [0, 0.05) is 22.4 Å². The summed E-state index contributed by atoms with van der Waals surface area (Å²) in [5.41, 5.74) is 1.20. The number of aromatic nitrogens is 2. The minimum Gasteiger partial charge on any atom is -0.465 e. The van der Waals surface area contributed by atoms with Crippen LogP contribution >= 0.6 is 0 Å². The molecule has 1 atom stereocenters. The van der Waals surface area contributed by atoms with Gasteiger partial charge in [0.25, 0.3) is 5.91 Å². The fraction of sp³-hybridized carbons (Fsp3) is 0.0455. The number of aromatic amines is 1. The molecule has 8 nitrogen and oxygen atoms in total. The second kappa shape index (κ2) is 6.43. The average Bonchev–Trinajstić information content (AvgIpc) is 3.24. The molecule has 2 heterocycles. The summed E-state index contributed by atoms with van der Waals surface area (Å²) in [6, 6.07) is 20.9. The Kier molecular flexibility index (Phi) is 3.84. The van der Waals surface area contributed by atoms with Gasteiger partial charge in [-0.2, -0.15) is 0 Å². The quantitative estimate of drug-likeness (QED) is 0.420. The molecule has 1 unspecified atom stereocenters. The summed E-state index contributed by atoms with van der Waals surface area (Å²) in [6.07, 6.45) is -1.24. The third-order valence-electron chi connectivity index (χ3n) is 5.18. The summed E-state index contributed by atoms with van der Waals surface area (Å²) in [5, 5.41) is 23.0. The van der Waals surface area contributed by atoms with Gasteiger partial charge in [0.2, 0.25) is 5.95 Å². The van der Waals surface area contributed by atoms with Crippen LogP contribution in [0.1, 0.15) is 21.5 Å². The minimum absolute atomic E-state index is 0.0736. The molecule has 0 fully saturated rings. The van der Waals surface area contributed by atoms with Gasteiger partial charge >= 0.3 is 6.09 Å². The number of nitrogens with one attached hydrogen (secondary N) is 2. The molecule has 0 aliphatic carbocycles. The summed E-state index contributed by atoms with van der Waals surface area (Å²) in [6.45, 7) is 0. The van der Waals surface area contributed by atoms with Gasteiger partial charge in [0.1, 0.15) is 0 Å². The first kappa shape index (κ1) is 17.9. The second-order valence-corrected chi connectivity index (χ2v) is 6.94. The van der Waals surface area contributed by atoms with Crippen LogP contribution in [0.25, 0.3) is 11.0 Å². The zero-order valence-corrected chi connectivity index (χ0v) is 15.5. The van der Waals surface area contributed by atoms with Crippen LogP contribution in [0.2, 0.25) is 0 Å². The number of hydrogen-bond acceptors (Lipinski definition) is 4. The van der Waals surface area contributed by atoms with Crippen molar-refractivity contribution in [1.82, 2.24) is 9.97 Å². The van der Waals surface area contributed by atoms with E-state index in [1.165, 1.54) is 4.90 Å². The van der Waals surface area contributed by atoms with Crippen molar-refractivity contribution in [1.29, 1.82) is 0 Å². The average molecular weight is 400 g/mol. The van der Waals surface area contributed by atoms with Gasteiger partial charge < -0.3 is 15.2 Å². The van der Waals surface area contributed by atoms with Crippen LogP contribution in [0.15, 0.2) is 72.8 Å². The molecule has 0 saturated carbocycles. The SMILES string of the molecule is O=C(O)Nc1nc2ccc(C3(O)c4ccccc4C(=O)N3c3ccccc3)cc2[nH]1. The number of anilines is 2. The van der Waals surface area contributed by atoms with Crippen LogP contribution in [-0.4, -0.2) is 32.2 Å². The fourth-order valence-electron chi connectivity index (χ4n) is 3.91. The Labute approximate surface area is 170 Å². The highest BCUT2D eigenvalue weighted by atomic mass is 16.4. The van der Waals surface area contributed by atoms with E-state index >= 15 is 0 Å². The molecule has 4 aromatic rings. The molecule has 0 spiro atoms. The number of fused-ring (bicyclic) bond motifs is 2. The topological polar surface area (TPSA) is 119 Å². The standard InChI is InChI=1S/C22H16N4O4/c27-19-15-8-4-5-9-16(15)22(30,26(19)14-6-2-1-3-7-14)13-10-11-17-18(12-13)24-20(23-17)25-21(28)29/h1-12,30H,(H,28,29)(H2,23,24,25). The van der Waals surface area contributed by atoms with E-state index in [9.17, 15) is 14.7 Å². The van der Waals surface area contributed by atoms with Gasteiger partial charge in [-0.25, -0.2) is 9.78 Å². The van der Waals surface area contributed by atoms with Crippen molar-refractivity contribution in [2.45, 2.75) is 5.72 Å². The summed E-state index contributed by atoms with van der Waals surface area (Å²) in [4.78, 5) is 32.6. The predicted molar refractivity (Wildman–Crippen MR) is 110 cm³/mol. The van der Waals surface area contributed by atoms with E-state index < -0.39 is 11.8 Å². The first-order valence-electron chi connectivity index (χ1n) is 9.20. The van der Waals surface area contributed by atoms with Crippen LogP contribution in [0.4, 0.5) is 16.4 Å². The molecular weight excluding hydrogens is 384 g/mol. The van der Waals surface area contributed by atoms with Crippen LogP contribution in [0.5, 0.6) is 0 Å². The maximum atomic E-state index is 13.2. The number of carbonyl (C=O) groups is 2. The van der Waals surface area contributed by atoms with Crippen molar-refractivity contribution in [2.75, 3.05) is 10.2 Å². The van der Waals surface area contributed by atoms with Gasteiger partial charge in [-0.3, -0.25) is 15.0 Å². The van der Waals surface area contributed by atoms with E-state index in [2.05, 4.69) is 15.3 Å². The largest absolute Gasteiger partial charge is 0.465 e. The molecule has 0 saturated heterocycles. The molecular formula is C22H16N4O4. The Morgan fingerprint density at radius 3 is 2.53 bits per heavy atom. The van der Waals surface area contributed by atoms with E-state index in [-0.39, 0.29) is 11.9 Å². The lowest BCUT2D eigenvalue weighted by molar-refractivity contribution is 0.0704. The summed E-state index contributed by atoms with van der Waals surface area (Å²) >= 11 is 0. The molecule has 30 heavy (non-hydrogen) atoms. The zero-order valence-electron chi connectivity index (χ0n) is 15.5. The maximum absolute atomic E-state index is 13.2. The van der Waals surface area contributed by atoms with Crippen molar-refractivity contribution < 1.29 is 19.8 Å². The van der Waals surface area contributed by atoms with Crippen LogP contribution < -0.4 is 10.2 Å². The van der Waals surface area contributed by atoms with Crippen molar-refractivity contribution in [3.8, 4) is 0 Å². The fourth-order valence-corrected chi connectivity index (χ4v) is 3.91. The highest BCUT2D eigenvalue weighted by Gasteiger charge is 2.50. The summed E-state index contributed by atoms with van der Waals surface area (Å²) < 4.78 is 0. The number of para-hydroxylation sites is 1. The van der Waals surface area contributed by atoms with Gasteiger partial charge in [-0.1, -0.05) is 42.5 Å². The molecule has 148 valence electrons. The molecule has 5 rings (SSSR count). The number of imidazole rings is 1. The third kappa shape index (κ3) is 2.55. The molecule has 1 aliphatic rings. The van der Waals surface area contributed by atoms with E-state index in [4.69, 9.17) is 5.11 Å². The van der Waals surface area contributed by atoms with E-state index in [0.29, 0.717) is 33.4 Å². The summed E-state index contributed by atoms with van der Waals surface area (Å²) in [5.74, 6) is -0.235. The zero-order chi connectivity index (χ0) is 20.9. The Hall–Kier alpha value is -4.17. The van der Waals surface area contributed by atoms with Crippen molar-refractivity contribution >= 4 is 34.7 Å². The van der Waals surface area contributed by atoms with Gasteiger partial charge in [-0.15, -0.1) is 0 Å². The highest BCUT2D eigenvalue weighted by Crippen LogP contribution is 2.45. The number of aliphatic hydroxyl groups is 1. The lowest BCUT2D eigenvalue weighted by Gasteiger charge is -2.34. The van der Waals surface area contributed by atoms with E-state index in [1.54, 1.807) is 66.7 Å². The van der Waals surface area contributed by atoms with Gasteiger partial charge in [0.15, 0.2) is 5.72 Å². The number of H-pyrrole nitrogens is 1. The number of amides is 2. The highest BCUT2D eigenvalue weighted by molar-refractivity contribution is 6.12. The monoisotopic (exact) mass is 400 g/mol. The molecule has 0 bridgehead atoms. The number of carboxylic acid groups (broad SMARTS) is 1. The molecule has 8 heteroatoms. The lowest BCUT2D eigenvalue weighted by Crippen LogP contribution is -2.45. The lowest BCUT2D eigenvalue weighted by atomic mass is 9.93. The Bertz CT molecular complexity index is 1300. The van der Waals surface area contributed by atoms with E-state index in [1.807, 2.05) is 6.07 Å². The number of rotatable bonds is 3. The molecule has 0 radical (unpaired) electrons. The van der Waals surface area contributed by atoms with Crippen LogP contribution in [-0.2, 0) is 5.72 Å². The third-order valence-corrected chi connectivity index (χ3v) is 5.18. The number of nitrogens with zero attached hydrogens (tertiary/aromatic N) is 2. The Morgan fingerprint density at radius 1 is 1.03 bits per heavy atom. The maximum Gasteiger partial charge on any atom is 0.411 e. The molecule has 1 aliphatic heterocycles. The Balaban J connectivity index is 1.71. The predicted octanol–water partition coefficient (Wildman–Crippen LogP) is 3.51. The normalized spacial score (nSPS) is 17.9. The van der Waals surface area contributed by atoms with Gasteiger partial charge in [-0.05, 0) is 30.3 Å². The number of hydrogen-bond donors (Lipinski definition) is 4. The van der Waals surface area contributed by atoms with Crippen molar-refractivity contribution in [3.05, 3.63) is 89.5 Å². The smallest absolute Gasteiger partial charge is 0.411 e. The van der Waals surface area contributed by atoms with Crippen LogP contribution in [0.3, 0.4) is 0 Å². The molecule has 3 aromatic carbocycles. The van der Waals surface area contributed by atoms with Crippen molar-refractivity contribution in [2.24, 2.45) is 0 Å². The number of benzene rings is 3. The van der Waals surface area contributed by atoms with E-state index in [0.717, 1.165) is 0 Å². The van der Waals surface area contributed by atoms with Crippen molar-refractivity contribution in [3.63, 3.8) is 0 Å². The first-order chi connectivity index (χ1) is 14.5. The first-order valence-corrected chi connectivity index (χ1v) is 9.20. The molecule has 2 amide bonds. The second-order valence-electron chi connectivity index (χ2n) is 6.94. The number of carbonyl (C=O) groups excluding carboxylic acids is 1. The molecule has 4 N–H and O–H groups in total. The minimum atomic E-state index is -1.74. The summed E-state index contributed by atoms with van der Waals surface area (Å²) in [7, 11) is 0. The molecule has 1 aromatic heterocycles. The van der Waals surface area contributed by atoms with Gasteiger partial charge in [0.05, 0.1) is 11.0 Å².